The molecule has 2 atom stereocenters. The highest BCUT2D eigenvalue weighted by Crippen LogP contribution is 2.18. The molecule has 0 amide bonds. The molecule has 1 N–H and O–H groups in total. The van der Waals surface area contributed by atoms with Crippen molar-refractivity contribution in [3.05, 3.63) is 30.1 Å². The van der Waals surface area contributed by atoms with Crippen LogP contribution in [0.5, 0.6) is 0 Å². The number of pyridine rings is 1. The molecule has 2 unspecified atom stereocenters. The molecule has 0 spiro atoms. The lowest BCUT2D eigenvalue weighted by atomic mass is 9.93. The zero-order valence-electron chi connectivity index (χ0n) is 11.6. The first-order valence-electron chi connectivity index (χ1n) is 7.15. The molecule has 1 aromatic rings. The minimum absolute atomic E-state index is 0.699. The number of hydrogen-bond donors (Lipinski definition) is 1. The fourth-order valence-electron chi connectivity index (χ4n) is 2.73. The molecule has 0 aromatic carbocycles. The second kappa shape index (κ2) is 6.86. The summed E-state index contributed by atoms with van der Waals surface area (Å²) in [4.78, 5) is 6.93. The molecule has 100 valence electrons. The first-order chi connectivity index (χ1) is 8.79. The van der Waals surface area contributed by atoms with Gasteiger partial charge < -0.3 is 5.32 Å². The molecule has 0 aliphatic carbocycles. The van der Waals surface area contributed by atoms with Crippen LogP contribution >= 0.6 is 0 Å². The van der Waals surface area contributed by atoms with E-state index in [0.29, 0.717) is 6.04 Å². The van der Waals surface area contributed by atoms with Gasteiger partial charge in [-0.2, -0.15) is 0 Å². The molecule has 1 fully saturated rings. The van der Waals surface area contributed by atoms with E-state index in [4.69, 9.17) is 0 Å². The van der Waals surface area contributed by atoms with Gasteiger partial charge in [-0.05, 0) is 37.4 Å². The van der Waals surface area contributed by atoms with E-state index in [0.717, 1.165) is 19.0 Å². The van der Waals surface area contributed by atoms with Crippen LogP contribution in [0.1, 0.15) is 32.4 Å². The summed E-state index contributed by atoms with van der Waals surface area (Å²) in [6.07, 6.45) is 4.36. The minimum Gasteiger partial charge on any atom is -0.314 e. The lowest BCUT2D eigenvalue weighted by molar-refractivity contribution is 0.140. The second-order valence-corrected chi connectivity index (χ2v) is 5.38. The predicted molar refractivity (Wildman–Crippen MR) is 75.4 cm³/mol. The third-order valence-electron chi connectivity index (χ3n) is 3.76. The Kier molecular flexibility index (Phi) is 5.14. The normalized spacial score (nSPS) is 25.2. The molecule has 1 aromatic heterocycles. The lowest BCUT2D eigenvalue weighted by Crippen LogP contribution is -2.48. The van der Waals surface area contributed by atoms with Crippen molar-refractivity contribution in [2.24, 2.45) is 5.92 Å². The van der Waals surface area contributed by atoms with Crippen molar-refractivity contribution < 1.29 is 0 Å². The highest BCUT2D eigenvalue weighted by atomic mass is 15.2. The number of nitrogens with zero attached hydrogens (tertiary/aromatic N) is 2. The standard InChI is InChI=1S/C15H25N3/c1-3-8-17-15-7-10-18(11-13(15)2)12-14-6-4-5-9-16-14/h4-6,9,13,15,17H,3,7-8,10-12H2,1-2H3. The molecule has 2 rings (SSSR count). The highest BCUT2D eigenvalue weighted by molar-refractivity contribution is 5.03. The number of nitrogens with one attached hydrogen (secondary N) is 1. The van der Waals surface area contributed by atoms with Crippen molar-refractivity contribution in [2.45, 2.75) is 39.3 Å². The monoisotopic (exact) mass is 247 g/mol. The van der Waals surface area contributed by atoms with Gasteiger partial charge in [0.1, 0.15) is 0 Å². The van der Waals surface area contributed by atoms with Crippen LogP contribution in [0.3, 0.4) is 0 Å². The van der Waals surface area contributed by atoms with Crippen LogP contribution in [0, 0.1) is 5.92 Å². The summed E-state index contributed by atoms with van der Waals surface area (Å²) in [5.74, 6) is 0.731. The van der Waals surface area contributed by atoms with Gasteiger partial charge in [0.05, 0.1) is 5.69 Å². The lowest BCUT2D eigenvalue weighted by Gasteiger charge is -2.37. The Bertz CT molecular complexity index is 339. The van der Waals surface area contributed by atoms with E-state index in [-0.39, 0.29) is 0 Å². The zero-order chi connectivity index (χ0) is 12.8. The van der Waals surface area contributed by atoms with E-state index in [9.17, 15) is 0 Å². The van der Waals surface area contributed by atoms with Gasteiger partial charge in [0.15, 0.2) is 0 Å². The predicted octanol–water partition coefficient (Wildman–Crippen LogP) is 2.29. The van der Waals surface area contributed by atoms with Gasteiger partial charge in [-0.1, -0.05) is 19.9 Å². The largest absolute Gasteiger partial charge is 0.314 e. The van der Waals surface area contributed by atoms with Gasteiger partial charge in [0, 0.05) is 31.9 Å². The van der Waals surface area contributed by atoms with Crippen LogP contribution in [-0.2, 0) is 6.54 Å². The Balaban J connectivity index is 1.81. The fraction of sp³-hybridized carbons (Fsp3) is 0.667. The second-order valence-electron chi connectivity index (χ2n) is 5.38. The van der Waals surface area contributed by atoms with Crippen LogP contribution in [0.15, 0.2) is 24.4 Å². The molecule has 1 aliphatic rings. The average Bonchev–Trinajstić information content (AvgIpc) is 2.39. The van der Waals surface area contributed by atoms with E-state index >= 15 is 0 Å². The van der Waals surface area contributed by atoms with Crippen LogP contribution in [0.4, 0.5) is 0 Å². The SMILES string of the molecule is CCCNC1CCN(Cc2ccccn2)CC1C. The Morgan fingerprint density at radius 3 is 3.00 bits per heavy atom. The van der Waals surface area contributed by atoms with Gasteiger partial charge in [0.2, 0.25) is 0 Å². The molecule has 1 saturated heterocycles. The van der Waals surface area contributed by atoms with E-state index in [1.165, 1.54) is 31.6 Å². The summed E-state index contributed by atoms with van der Waals surface area (Å²) in [6, 6.07) is 6.87. The van der Waals surface area contributed by atoms with E-state index in [1.54, 1.807) is 0 Å². The number of aromatic nitrogens is 1. The van der Waals surface area contributed by atoms with Crippen molar-refractivity contribution in [1.29, 1.82) is 0 Å². The summed E-state index contributed by atoms with van der Waals surface area (Å²) in [5, 5.41) is 3.66. The summed E-state index contributed by atoms with van der Waals surface area (Å²) in [6.45, 7) is 9.09. The Hall–Kier alpha value is -0.930. The van der Waals surface area contributed by atoms with Crippen molar-refractivity contribution in [1.82, 2.24) is 15.2 Å². The molecule has 0 radical (unpaired) electrons. The molecule has 0 saturated carbocycles. The Labute approximate surface area is 111 Å². The summed E-state index contributed by atoms with van der Waals surface area (Å²) in [7, 11) is 0. The maximum atomic E-state index is 4.41. The van der Waals surface area contributed by atoms with Gasteiger partial charge in [-0.25, -0.2) is 0 Å². The van der Waals surface area contributed by atoms with Crippen LogP contribution in [-0.4, -0.2) is 35.6 Å². The van der Waals surface area contributed by atoms with E-state index in [1.807, 2.05) is 12.3 Å². The van der Waals surface area contributed by atoms with Gasteiger partial charge in [-0.3, -0.25) is 9.88 Å². The topological polar surface area (TPSA) is 28.2 Å². The first kappa shape index (κ1) is 13.5. The third kappa shape index (κ3) is 3.79. The molecule has 18 heavy (non-hydrogen) atoms. The molecule has 1 aliphatic heterocycles. The number of piperidine rings is 1. The fourth-order valence-corrected chi connectivity index (χ4v) is 2.73. The van der Waals surface area contributed by atoms with Gasteiger partial charge in [0.25, 0.3) is 0 Å². The van der Waals surface area contributed by atoms with Crippen LogP contribution in [0.2, 0.25) is 0 Å². The van der Waals surface area contributed by atoms with Gasteiger partial charge in [-0.15, -0.1) is 0 Å². The smallest absolute Gasteiger partial charge is 0.0543 e. The maximum Gasteiger partial charge on any atom is 0.0543 e. The molecule has 3 heteroatoms. The van der Waals surface area contributed by atoms with Crippen molar-refractivity contribution in [2.75, 3.05) is 19.6 Å². The van der Waals surface area contributed by atoms with E-state index < -0.39 is 0 Å². The van der Waals surface area contributed by atoms with Crippen molar-refractivity contribution >= 4 is 0 Å². The van der Waals surface area contributed by atoms with Crippen molar-refractivity contribution in [3.8, 4) is 0 Å². The average molecular weight is 247 g/mol. The highest BCUT2D eigenvalue weighted by Gasteiger charge is 2.25. The van der Waals surface area contributed by atoms with Crippen LogP contribution < -0.4 is 5.32 Å². The third-order valence-corrected chi connectivity index (χ3v) is 3.76. The first-order valence-corrected chi connectivity index (χ1v) is 7.15. The van der Waals surface area contributed by atoms with Crippen LogP contribution in [0.25, 0.3) is 0 Å². The van der Waals surface area contributed by atoms with Crippen molar-refractivity contribution in [3.63, 3.8) is 0 Å². The molecular formula is C15H25N3. The quantitative estimate of drug-likeness (QED) is 0.865. The zero-order valence-corrected chi connectivity index (χ0v) is 11.6. The Morgan fingerprint density at radius 2 is 2.33 bits per heavy atom. The maximum absolute atomic E-state index is 4.41. The minimum atomic E-state index is 0.699. The molecule has 3 nitrogen and oxygen atoms in total. The van der Waals surface area contributed by atoms with E-state index in [2.05, 4.69) is 41.2 Å². The molecule has 0 bridgehead atoms. The summed E-state index contributed by atoms with van der Waals surface area (Å²) in [5.41, 5.74) is 1.18. The molecular weight excluding hydrogens is 222 g/mol. The number of rotatable bonds is 5. The molecule has 2 heterocycles. The summed E-state index contributed by atoms with van der Waals surface area (Å²) < 4.78 is 0. The summed E-state index contributed by atoms with van der Waals surface area (Å²) >= 11 is 0. The number of hydrogen-bond acceptors (Lipinski definition) is 3. The number of likely N-dealkylation sites (tertiary alicyclic amines) is 1. The van der Waals surface area contributed by atoms with Gasteiger partial charge >= 0.3 is 0 Å². The Morgan fingerprint density at radius 1 is 1.44 bits per heavy atom.